The van der Waals surface area contributed by atoms with Gasteiger partial charge in [-0.2, -0.15) is 0 Å². The molecular formula is C12H18ClNO2. The first-order valence-corrected chi connectivity index (χ1v) is 5.28. The van der Waals surface area contributed by atoms with Crippen molar-refractivity contribution in [3.63, 3.8) is 0 Å². The van der Waals surface area contributed by atoms with Crippen molar-refractivity contribution in [1.29, 1.82) is 0 Å². The normalized spacial score (nSPS) is 24.6. The Labute approximate surface area is 103 Å². The summed E-state index contributed by atoms with van der Waals surface area (Å²) in [7, 11) is 1.67. The van der Waals surface area contributed by atoms with E-state index in [-0.39, 0.29) is 18.6 Å². The van der Waals surface area contributed by atoms with Gasteiger partial charge in [-0.05, 0) is 23.6 Å². The maximum Gasteiger partial charge on any atom is 0.134 e. The minimum absolute atomic E-state index is 0. The second-order valence-electron chi connectivity index (χ2n) is 4.00. The lowest BCUT2D eigenvalue weighted by molar-refractivity contribution is -0.0254. The zero-order valence-electron chi connectivity index (χ0n) is 9.60. The van der Waals surface area contributed by atoms with E-state index in [1.807, 2.05) is 24.3 Å². The highest BCUT2D eigenvalue weighted by atomic mass is 35.5. The van der Waals surface area contributed by atoms with Crippen LogP contribution >= 0.6 is 12.4 Å². The summed E-state index contributed by atoms with van der Waals surface area (Å²) in [4.78, 5) is 0. The van der Waals surface area contributed by atoms with E-state index in [1.54, 1.807) is 7.11 Å². The molecule has 0 spiro atoms. The topological polar surface area (TPSA) is 30.5 Å². The second kappa shape index (κ2) is 6.09. The third-order valence-corrected chi connectivity index (χ3v) is 2.62. The van der Waals surface area contributed by atoms with Crippen molar-refractivity contribution in [3.05, 3.63) is 29.8 Å². The zero-order chi connectivity index (χ0) is 10.7. The lowest BCUT2D eigenvalue weighted by Gasteiger charge is -2.28. The molecule has 1 aliphatic heterocycles. The Morgan fingerprint density at radius 3 is 2.50 bits per heavy atom. The summed E-state index contributed by atoms with van der Waals surface area (Å²) >= 11 is 0. The molecule has 90 valence electrons. The Balaban J connectivity index is 0.00000128. The molecule has 1 heterocycles. The number of ether oxygens (including phenoxy) is 2. The molecule has 16 heavy (non-hydrogen) atoms. The van der Waals surface area contributed by atoms with Gasteiger partial charge in [0.2, 0.25) is 0 Å². The molecule has 0 bridgehead atoms. The van der Waals surface area contributed by atoms with Gasteiger partial charge in [-0.15, -0.1) is 12.4 Å². The van der Waals surface area contributed by atoms with E-state index in [0.29, 0.717) is 5.92 Å². The first-order valence-electron chi connectivity index (χ1n) is 5.28. The third-order valence-electron chi connectivity index (χ3n) is 2.62. The molecule has 2 unspecified atom stereocenters. The van der Waals surface area contributed by atoms with Crippen molar-refractivity contribution in [1.82, 2.24) is 5.32 Å². The first-order chi connectivity index (χ1) is 7.29. The predicted molar refractivity (Wildman–Crippen MR) is 66.1 cm³/mol. The Hall–Kier alpha value is -0.770. The van der Waals surface area contributed by atoms with Crippen LogP contribution in [-0.4, -0.2) is 20.3 Å². The van der Waals surface area contributed by atoms with Crippen LogP contribution in [-0.2, 0) is 4.74 Å². The minimum Gasteiger partial charge on any atom is -0.497 e. The van der Waals surface area contributed by atoms with Crippen LogP contribution in [0.5, 0.6) is 5.75 Å². The summed E-state index contributed by atoms with van der Waals surface area (Å²) in [5.41, 5.74) is 1.16. The number of nitrogens with one attached hydrogen (secondary N) is 1. The molecule has 0 aromatic heterocycles. The van der Waals surface area contributed by atoms with Gasteiger partial charge in [-0.1, -0.05) is 19.1 Å². The van der Waals surface area contributed by atoms with Gasteiger partial charge in [0.05, 0.1) is 13.7 Å². The summed E-state index contributed by atoms with van der Waals surface area (Å²) in [5.74, 6) is 1.47. The Morgan fingerprint density at radius 2 is 2.00 bits per heavy atom. The highest BCUT2D eigenvalue weighted by Gasteiger charge is 2.18. The molecule has 2 atom stereocenters. The number of rotatable bonds is 2. The van der Waals surface area contributed by atoms with Gasteiger partial charge in [0.15, 0.2) is 0 Å². The largest absolute Gasteiger partial charge is 0.497 e. The van der Waals surface area contributed by atoms with Crippen molar-refractivity contribution in [2.24, 2.45) is 5.92 Å². The number of methoxy groups -OCH3 is 1. The molecule has 1 aromatic rings. The molecule has 3 nitrogen and oxygen atoms in total. The van der Waals surface area contributed by atoms with Crippen LogP contribution in [0.4, 0.5) is 0 Å². The third kappa shape index (κ3) is 3.11. The van der Waals surface area contributed by atoms with Gasteiger partial charge in [-0.25, -0.2) is 0 Å². The fourth-order valence-corrected chi connectivity index (χ4v) is 1.68. The van der Waals surface area contributed by atoms with E-state index in [0.717, 1.165) is 24.5 Å². The van der Waals surface area contributed by atoms with Crippen molar-refractivity contribution in [3.8, 4) is 5.75 Å². The van der Waals surface area contributed by atoms with Crippen molar-refractivity contribution in [2.45, 2.75) is 13.2 Å². The summed E-state index contributed by atoms with van der Waals surface area (Å²) in [6, 6.07) is 7.98. The molecule has 4 heteroatoms. The molecule has 1 aromatic carbocycles. The van der Waals surface area contributed by atoms with Gasteiger partial charge in [0.25, 0.3) is 0 Å². The standard InChI is InChI=1S/C12H17NO2.ClH/c1-9-7-13-12(15-8-9)10-3-5-11(14-2)6-4-10;/h3-6,9,12-13H,7-8H2,1-2H3;1H. The highest BCUT2D eigenvalue weighted by Crippen LogP contribution is 2.21. The van der Waals surface area contributed by atoms with Gasteiger partial charge in [0.1, 0.15) is 12.0 Å². The first kappa shape index (κ1) is 13.3. The summed E-state index contributed by atoms with van der Waals surface area (Å²) < 4.78 is 10.8. The smallest absolute Gasteiger partial charge is 0.134 e. The Morgan fingerprint density at radius 1 is 1.31 bits per heavy atom. The molecule has 1 saturated heterocycles. The van der Waals surface area contributed by atoms with Gasteiger partial charge >= 0.3 is 0 Å². The average Bonchev–Trinajstić information content (AvgIpc) is 2.30. The van der Waals surface area contributed by atoms with Crippen LogP contribution < -0.4 is 10.1 Å². The molecule has 1 aliphatic rings. The predicted octanol–water partition coefficient (Wildman–Crippen LogP) is 2.37. The Kier molecular flexibility index (Phi) is 5.06. The van der Waals surface area contributed by atoms with Crippen LogP contribution in [0, 0.1) is 5.92 Å². The summed E-state index contributed by atoms with van der Waals surface area (Å²) in [5, 5.41) is 3.36. The number of hydrogen-bond acceptors (Lipinski definition) is 3. The van der Waals surface area contributed by atoms with E-state index < -0.39 is 0 Å². The molecule has 0 aliphatic carbocycles. The van der Waals surface area contributed by atoms with E-state index >= 15 is 0 Å². The monoisotopic (exact) mass is 243 g/mol. The van der Waals surface area contributed by atoms with Crippen LogP contribution in [0.3, 0.4) is 0 Å². The van der Waals surface area contributed by atoms with E-state index in [2.05, 4.69) is 12.2 Å². The lowest BCUT2D eigenvalue weighted by atomic mass is 10.1. The SMILES string of the molecule is COc1ccc(C2NCC(C)CO2)cc1.Cl. The fraction of sp³-hybridized carbons (Fsp3) is 0.500. The molecule has 0 amide bonds. The molecule has 0 radical (unpaired) electrons. The van der Waals surface area contributed by atoms with E-state index in [4.69, 9.17) is 9.47 Å². The van der Waals surface area contributed by atoms with Gasteiger partial charge in [0, 0.05) is 6.54 Å². The van der Waals surface area contributed by atoms with Crippen LogP contribution in [0.2, 0.25) is 0 Å². The molecule has 0 saturated carbocycles. The molecule has 1 N–H and O–H groups in total. The van der Waals surface area contributed by atoms with Gasteiger partial charge in [-0.3, -0.25) is 5.32 Å². The molecule has 2 rings (SSSR count). The Bertz CT molecular complexity index is 307. The quantitative estimate of drug-likeness (QED) is 0.865. The van der Waals surface area contributed by atoms with Crippen molar-refractivity contribution >= 4 is 12.4 Å². The number of halogens is 1. The van der Waals surface area contributed by atoms with Crippen LogP contribution in [0.1, 0.15) is 18.7 Å². The highest BCUT2D eigenvalue weighted by molar-refractivity contribution is 5.85. The van der Waals surface area contributed by atoms with Crippen LogP contribution in [0.15, 0.2) is 24.3 Å². The van der Waals surface area contributed by atoms with Gasteiger partial charge < -0.3 is 9.47 Å². The second-order valence-corrected chi connectivity index (χ2v) is 4.00. The molecule has 1 fully saturated rings. The maximum absolute atomic E-state index is 5.70. The number of hydrogen-bond donors (Lipinski definition) is 1. The van der Waals surface area contributed by atoms with E-state index in [9.17, 15) is 0 Å². The maximum atomic E-state index is 5.70. The molecular weight excluding hydrogens is 226 g/mol. The zero-order valence-corrected chi connectivity index (χ0v) is 10.4. The fourth-order valence-electron chi connectivity index (χ4n) is 1.68. The van der Waals surface area contributed by atoms with Crippen molar-refractivity contribution in [2.75, 3.05) is 20.3 Å². The average molecular weight is 244 g/mol. The van der Waals surface area contributed by atoms with Crippen molar-refractivity contribution < 1.29 is 9.47 Å². The minimum atomic E-state index is 0. The summed E-state index contributed by atoms with van der Waals surface area (Å²) in [6.07, 6.45) is 0.0344. The lowest BCUT2D eigenvalue weighted by Crippen LogP contribution is -2.36. The summed E-state index contributed by atoms with van der Waals surface area (Å²) in [6.45, 7) is 4.01. The van der Waals surface area contributed by atoms with E-state index in [1.165, 1.54) is 0 Å². The van der Waals surface area contributed by atoms with Crippen LogP contribution in [0.25, 0.3) is 0 Å². The number of benzene rings is 1.